The molecule has 1 aromatic rings. The normalized spacial score (nSPS) is 19.4. The van der Waals surface area contributed by atoms with Gasteiger partial charge in [0, 0.05) is 25.1 Å². The summed E-state index contributed by atoms with van der Waals surface area (Å²) < 4.78 is 36.5. The Kier molecular flexibility index (Phi) is 3.69. The number of likely N-dealkylation sites (tertiary alicyclic amines) is 1. The van der Waals surface area contributed by atoms with Gasteiger partial charge >= 0.3 is 6.18 Å². The van der Waals surface area contributed by atoms with Gasteiger partial charge in [0.1, 0.15) is 6.42 Å². The molecule has 0 saturated carbocycles. The van der Waals surface area contributed by atoms with Crippen LogP contribution in [0.1, 0.15) is 24.5 Å². The lowest BCUT2D eigenvalue weighted by Gasteiger charge is -2.17. The molecule has 0 aromatic carbocycles. The van der Waals surface area contributed by atoms with Crippen LogP contribution in [0.15, 0.2) is 10.9 Å². The maximum absolute atomic E-state index is 12.2. The minimum atomic E-state index is -4.51. The summed E-state index contributed by atoms with van der Waals surface area (Å²) >= 11 is 0. The fraction of sp³-hybridized carbons (Fsp3) is 0.545. The largest absolute Gasteiger partial charge is 0.397 e. The zero-order valence-corrected chi connectivity index (χ0v) is 10.4. The van der Waals surface area contributed by atoms with Crippen molar-refractivity contribution in [2.45, 2.75) is 24.9 Å². The summed E-state index contributed by atoms with van der Waals surface area (Å²) in [5.41, 5.74) is 5.38. The summed E-state index contributed by atoms with van der Waals surface area (Å²) in [5.74, 6) is -1.28. The molecule has 1 atom stereocenters. The first-order chi connectivity index (χ1) is 9.24. The summed E-state index contributed by atoms with van der Waals surface area (Å²) in [4.78, 5) is 30.1. The highest BCUT2D eigenvalue weighted by molar-refractivity contribution is 5.77. The number of alkyl halides is 3. The van der Waals surface area contributed by atoms with Crippen molar-refractivity contribution in [3.05, 3.63) is 22.1 Å². The molecule has 1 fully saturated rings. The number of nitrogen functional groups attached to an aromatic ring is 1. The molecule has 6 nitrogen and oxygen atoms in total. The highest BCUT2D eigenvalue weighted by Gasteiger charge is 2.36. The molecule has 0 bridgehead atoms. The molecule has 3 N–H and O–H groups in total. The number of carbonyl (C=O) groups is 1. The zero-order valence-electron chi connectivity index (χ0n) is 10.4. The van der Waals surface area contributed by atoms with Gasteiger partial charge in [-0.1, -0.05) is 0 Å². The van der Waals surface area contributed by atoms with Crippen molar-refractivity contribution < 1.29 is 18.0 Å². The molecule has 0 aliphatic carbocycles. The molecular weight excluding hydrogens is 277 g/mol. The Morgan fingerprint density at radius 2 is 2.25 bits per heavy atom. The van der Waals surface area contributed by atoms with E-state index in [2.05, 4.69) is 9.97 Å². The molecule has 1 aromatic heterocycles. The van der Waals surface area contributed by atoms with Crippen molar-refractivity contribution in [1.29, 1.82) is 0 Å². The molecule has 0 radical (unpaired) electrons. The van der Waals surface area contributed by atoms with Crippen molar-refractivity contribution in [2.24, 2.45) is 0 Å². The second-order valence-corrected chi connectivity index (χ2v) is 4.67. The van der Waals surface area contributed by atoms with Gasteiger partial charge in [-0.05, 0) is 6.42 Å². The number of hydrogen-bond donors (Lipinski definition) is 2. The molecule has 9 heteroatoms. The van der Waals surface area contributed by atoms with Crippen LogP contribution in [0, 0.1) is 0 Å². The van der Waals surface area contributed by atoms with Crippen LogP contribution in [0.25, 0.3) is 0 Å². The van der Waals surface area contributed by atoms with Crippen molar-refractivity contribution >= 4 is 11.9 Å². The van der Waals surface area contributed by atoms with Crippen LogP contribution in [0.3, 0.4) is 0 Å². The number of nitrogens with two attached hydrogens (primary N) is 1. The molecule has 2 rings (SSSR count). The second kappa shape index (κ2) is 5.14. The van der Waals surface area contributed by atoms with Gasteiger partial charge in [0.2, 0.25) is 11.9 Å². The Morgan fingerprint density at radius 3 is 2.85 bits per heavy atom. The number of H-pyrrole nitrogens is 1. The van der Waals surface area contributed by atoms with Crippen molar-refractivity contribution in [3.8, 4) is 0 Å². The summed E-state index contributed by atoms with van der Waals surface area (Å²) in [6, 6.07) is 1.25. The number of halogens is 3. The van der Waals surface area contributed by atoms with Crippen LogP contribution in [-0.4, -0.2) is 40.0 Å². The first kappa shape index (κ1) is 14.4. The van der Waals surface area contributed by atoms with Crippen LogP contribution >= 0.6 is 0 Å². The van der Waals surface area contributed by atoms with E-state index in [0.717, 1.165) is 4.90 Å². The fourth-order valence-electron chi connectivity index (χ4n) is 2.22. The summed E-state index contributed by atoms with van der Waals surface area (Å²) in [6.45, 7) is 0.332. The smallest absolute Gasteiger partial charge is 0.369 e. The SMILES string of the molecule is Nc1nc(C2CCN(C(=O)CC(F)(F)F)C2)cc(=O)[nH]1. The molecular formula is C11H13F3N4O2. The van der Waals surface area contributed by atoms with Crippen LogP contribution in [0.4, 0.5) is 19.1 Å². The maximum atomic E-state index is 12.2. The van der Waals surface area contributed by atoms with E-state index in [9.17, 15) is 22.8 Å². The van der Waals surface area contributed by atoms with E-state index < -0.39 is 24.1 Å². The van der Waals surface area contributed by atoms with E-state index in [1.54, 1.807) is 0 Å². The number of aromatic nitrogens is 2. The van der Waals surface area contributed by atoms with Crippen molar-refractivity contribution in [3.63, 3.8) is 0 Å². The van der Waals surface area contributed by atoms with E-state index in [1.165, 1.54) is 6.07 Å². The van der Waals surface area contributed by atoms with Crippen molar-refractivity contribution in [1.82, 2.24) is 14.9 Å². The lowest BCUT2D eigenvalue weighted by Crippen LogP contribution is -2.32. The third-order valence-electron chi connectivity index (χ3n) is 3.09. The predicted octanol–water partition coefficient (Wildman–Crippen LogP) is 0.620. The van der Waals surface area contributed by atoms with Crippen LogP contribution in [0.2, 0.25) is 0 Å². The summed E-state index contributed by atoms with van der Waals surface area (Å²) in [5, 5.41) is 0. The highest BCUT2D eigenvalue weighted by atomic mass is 19.4. The summed E-state index contributed by atoms with van der Waals surface area (Å²) in [6.07, 6.45) is -5.52. The van der Waals surface area contributed by atoms with Gasteiger partial charge in [0.05, 0.1) is 5.69 Å². The van der Waals surface area contributed by atoms with Gasteiger partial charge in [-0.2, -0.15) is 13.2 Å². The molecule has 0 spiro atoms. The quantitative estimate of drug-likeness (QED) is 0.835. The number of nitrogens with zero attached hydrogens (tertiary/aromatic N) is 2. The topological polar surface area (TPSA) is 92.1 Å². The van der Waals surface area contributed by atoms with Gasteiger partial charge in [0.15, 0.2) is 0 Å². The van der Waals surface area contributed by atoms with Crippen LogP contribution < -0.4 is 11.3 Å². The van der Waals surface area contributed by atoms with Gasteiger partial charge in [-0.25, -0.2) is 4.98 Å². The van der Waals surface area contributed by atoms with Gasteiger partial charge < -0.3 is 10.6 Å². The minimum Gasteiger partial charge on any atom is -0.369 e. The van der Waals surface area contributed by atoms with E-state index in [1.807, 2.05) is 0 Å². The average Bonchev–Trinajstić information content (AvgIpc) is 2.74. The van der Waals surface area contributed by atoms with E-state index in [4.69, 9.17) is 5.73 Å². The number of hydrogen-bond acceptors (Lipinski definition) is 4. The van der Waals surface area contributed by atoms with Crippen molar-refractivity contribution in [2.75, 3.05) is 18.8 Å². The Balaban J connectivity index is 2.05. The lowest BCUT2D eigenvalue weighted by molar-refractivity contribution is -0.160. The minimum absolute atomic E-state index is 0.0485. The number of anilines is 1. The number of aromatic amines is 1. The number of carbonyl (C=O) groups excluding carboxylic acids is 1. The lowest BCUT2D eigenvalue weighted by atomic mass is 10.1. The third kappa shape index (κ3) is 3.49. The first-order valence-corrected chi connectivity index (χ1v) is 5.96. The predicted molar refractivity (Wildman–Crippen MR) is 63.9 cm³/mol. The molecule has 110 valence electrons. The molecule has 1 aliphatic heterocycles. The molecule has 1 amide bonds. The molecule has 2 heterocycles. The molecule has 1 unspecified atom stereocenters. The maximum Gasteiger partial charge on any atom is 0.397 e. The van der Waals surface area contributed by atoms with Crippen LogP contribution in [-0.2, 0) is 4.79 Å². The third-order valence-corrected chi connectivity index (χ3v) is 3.09. The van der Waals surface area contributed by atoms with E-state index in [-0.39, 0.29) is 25.0 Å². The monoisotopic (exact) mass is 290 g/mol. The van der Waals surface area contributed by atoms with E-state index >= 15 is 0 Å². The Bertz CT molecular complexity index is 570. The van der Waals surface area contributed by atoms with Gasteiger partial charge in [-0.3, -0.25) is 14.6 Å². The Labute approximate surface area is 111 Å². The number of amides is 1. The second-order valence-electron chi connectivity index (χ2n) is 4.67. The summed E-state index contributed by atoms with van der Waals surface area (Å²) in [7, 11) is 0. The Hall–Kier alpha value is -2.06. The first-order valence-electron chi connectivity index (χ1n) is 5.96. The standard InChI is InChI=1S/C11H13F3N4O2/c12-11(13,14)4-9(20)18-2-1-6(5-18)7-3-8(19)17-10(15)16-7/h3,6H,1-2,4-5H2,(H3,15,16,17,19). The highest BCUT2D eigenvalue weighted by Crippen LogP contribution is 2.28. The van der Waals surface area contributed by atoms with E-state index in [0.29, 0.717) is 12.1 Å². The van der Waals surface area contributed by atoms with Gasteiger partial charge in [0.25, 0.3) is 5.56 Å². The molecule has 1 aliphatic rings. The Morgan fingerprint density at radius 1 is 1.55 bits per heavy atom. The number of rotatable bonds is 2. The molecule has 20 heavy (non-hydrogen) atoms. The zero-order chi connectivity index (χ0) is 14.9. The average molecular weight is 290 g/mol. The van der Waals surface area contributed by atoms with Gasteiger partial charge in [-0.15, -0.1) is 0 Å². The fourth-order valence-corrected chi connectivity index (χ4v) is 2.22. The van der Waals surface area contributed by atoms with Crippen LogP contribution in [0.5, 0.6) is 0 Å². The number of nitrogens with one attached hydrogen (secondary N) is 1. The molecule has 1 saturated heterocycles.